The van der Waals surface area contributed by atoms with Crippen LogP contribution in [0.4, 0.5) is 0 Å². The maximum Gasteiger partial charge on any atom is 0.0551 e. The molecule has 3 unspecified atom stereocenters. The van der Waals surface area contributed by atoms with Gasteiger partial charge in [0.1, 0.15) is 0 Å². The van der Waals surface area contributed by atoms with Crippen molar-refractivity contribution >= 4 is 27.5 Å². The molecule has 19 heavy (non-hydrogen) atoms. The molecule has 1 saturated heterocycles. The third-order valence-corrected chi connectivity index (χ3v) is 5.46. The summed E-state index contributed by atoms with van der Waals surface area (Å²) < 4.78 is 0.940. The van der Waals surface area contributed by atoms with Crippen molar-refractivity contribution in [2.24, 2.45) is 5.73 Å². The molecule has 0 radical (unpaired) electrons. The predicted molar refractivity (Wildman–Crippen MR) is 85.6 cm³/mol. The monoisotopic (exact) mass is 344 g/mol. The number of halogens is 2. The molecular formula is C15H22BrClN2. The van der Waals surface area contributed by atoms with Gasteiger partial charge in [-0.3, -0.25) is 4.90 Å². The lowest BCUT2D eigenvalue weighted by Gasteiger charge is -2.36. The number of likely N-dealkylation sites (tertiary alicyclic amines) is 1. The molecule has 0 amide bonds. The minimum absolute atomic E-state index is 0.271. The maximum atomic E-state index is 6.22. The second-order valence-corrected chi connectivity index (χ2v) is 6.62. The van der Waals surface area contributed by atoms with Crippen LogP contribution in [0.2, 0.25) is 5.02 Å². The van der Waals surface area contributed by atoms with Crippen LogP contribution in [0, 0.1) is 0 Å². The van der Waals surface area contributed by atoms with E-state index in [4.69, 9.17) is 17.3 Å². The highest BCUT2D eigenvalue weighted by Crippen LogP contribution is 2.36. The fourth-order valence-electron chi connectivity index (χ4n) is 3.22. The highest BCUT2D eigenvalue weighted by molar-refractivity contribution is 9.10. The molecule has 0 aromatic heterocycles. The smallest absolute Gasteiger partial charge is 0.0551 e. The molecule has 1 aliphatic heterocycles. The first-order valence-electron chi connectivity index (χ1n) is 7.00. The quantitative estimate of drug-likeness (QED) is 0.878. The Morgan fingerprint density at radius 1 is 1.47 bits per heavy atom. The molecule has 2 rings (SSSR count). The summed E-state index contributed by atoms with van der Waals surface area (Å²) in [6, 6.07) is 7.70. The molecule has 4 heteroatoms. The Morgan fingerprint density at radius 2 is 2.21 bits per heavy atom. The highest BCUT2D eigenvalue weighted by atomic mass is 79.9. The van der Waals surface area contributed by atoms with Gasteiger partial charge in [0.2, 0.25) is 0 Å². The minimum Gasteiger partial charge on any atom is -0.329 e. The largest absolute Gasteiger partial charge is 0.329 e. The van der Waals surface area contributed by atoms with E-state index >= 15 is 0 Å². The van der Waals surface area contributed by atoms with Gasteiger partial charge in [0, 0.05) is 29.1 Å². The van der Waals surface area contributed by atoms with Crippen molar-refractivity contribution in [1.29, 1.82) is 0 Å². The number of hydrogen-bond donors (Lipinski definition) is 1. The maximum absolute atomic E-state index is 6.22. The highest BCUT2D eigenvalue weighted by Gasteiger charge is 2.34. The van der Waals surface area contributed by atoms with Crippen LogP contribution in [0.15, 0.2) is 22.7 Å². The summed E-state index contributed by atoms with van der Waals surface area (Å²) in [7, 11) is 0. The summed E-state index contributed by atoms with van der Waals surface area (Å²) in [6.45, 7) is 5.20. The van der Waals surface area contributed by atoms with Gasteiger partial charge in [-0.15, -0.1) is 0 Å². The summed E-state index contributed by atoms with van der Waals surface area (Å²) >= 11 is 9.67. The van der Waals surface area contributed by atoms with Crippen molar-refractivity contribution in [3.8, 4) is 0 Å². The van der Waals surface area contributed by atoms with Crippen LogP contribution >= 0.6 is 27.5 Å². The number of nitrogens with zero attached hydrogens (tertiary/aromatic N) is 1. The first-order chi connectivity index (χ1) is 9.08. The van der Waals surface area contributed by atoms with Gasteiger partial charge in [-0.05, 0) is 59.8 Å². The van der Waals surface area contributed by atoms with Crippen LogP contribution in [0.1, 0.15) is 44.7 Å². The van der Waals surface area contributed by atoms with E-state index < -0.39 is 0 Å². The van der Waals surface area contributed by atoms with Gasteiger partial charge in [0.25, 0.3) is 0 Å². The van der Waals surface area contributed by atoms with Crippen LogP contribution in [-0.4, -0.2) is 23.5 Å². The van der Waals surface area contributed by atoms with Gasteiger partial charge in [-0.25, -0.2) is 0 Å². The van der Waals surface area contributed by atoms with Gasteiger partial charge in [-0.1, -0.05) is 24.6 Å². The minimum atomic E-state index is 0.271. The normalized spacial score (nSPS) is 25.7. The standard InChI is InChI=1S/C15H22BrClN2/c1-3-12-6-4-10(2)19(12)15(9-18)11-5-7-13(16)14(17)8-11/h5,7-8,10,12,15H,3-4,6,9,18H2,1-2H3. The predicted octanol–water partition coefficient (Wildman–Crippen LogP) is 4.37. The van der Waals surface area contributed by atoms with Gasteiger partial charge < -0.3 is 5.73 Å². The zero-order chi connectivity index (χ0) is 14.0. The van der Waals surface area contributed by atoms with Crippen LogP contribution < -0.4 is 5.73 Å². The fourth-order valence-corrected chi connectivity index (χ4v) is 3.65. The zero-order valence-electron chi connectivity index (χ0n) is 11.6. The Hall–Kier alpha value is -0.0900. The van der Waals surface area contributed by atoms with E-state index in [1.807, 2.05) is 12.1 Å². The molecule has 2 nitrogen and oxygen atoms in total. The number of nitrogens with two attached hydrogens (primary N) is 1. The SMILES string of the molecule is CCC1CCC(C)N1C(CN)c1ccc(Br)c(Cl)c1. The molecule has 1 aromatic rings. The Morgan fingerprint density at radius 3 is 2.79 bits per heavy atom. The lowest BCUT2D eigenvalue weighted by molar-refractivity contribution is 0.137. The average Bonchev–Trinajstić information content (AvgIpc) is 2.76. The fraction of sp³-hybridized carbons (Fsp3) is 0.600. The van der Waals surface area contributed by atoms with E-state index in [-0.39, 0.29) is 6.04 Å². The molecule has 106 valence electrons. The van der Waals surface area contributed by atoms with Crippen LogP contribution in [0.25, 0.3) is 0 Å². The number of hydrogen-bond acceptors (Lipinski definition) is 2. The van der Waals surface area contributed by atoms with Gasteiger partial charge in [-0.2, -0.15) is 0 Å². The van der Waals surface area contributed by atoms with Crippen molar-refractivity contribution in [2.75, 3.05) is 6.54 Å². The van der Waals surface area contributed by atoms with Crippen molar-refractivity contribution in [3.05, 3.63) is 33.3 Å². The lowest BCUT2D eigenvalue weighted by atomic mass is 10.0. The Labute approximate surface area is 129 Å². The van der Waals surface area contributed by atoms with Crippen molar-refractivity contribution in [2.45, 2.75) is 51.2 Å². The van der Waals surface area contributed by atoms with Gasteiger partial charge in [0.15, 0.2) is 0 Å². The van der Waals surface area contributed by atoms with Gasteiger partial charge in [0.05, 0.1) is 5.02 Å². The van der Waals surface area contributed by atoms with E-state index in [0.717, 1.165) is 9.50 Å². The van der Waals surface area contributed by atoms with Gasteiger partial charge >= 0.3 is 0 Å². The second kappa shape index (κ2) is 6.57. The summed E-state index contributed by atoms with van der Waals surface area (Å²) in [5.74, 6) is 0. The lowest BCUT2D eigenvalue weighted by Crippen LogP contribution is -2.41. The summed E-state index contributed by atoms with van der Waals surface area (Å²) in [5, 5.41) is 0.760. The molecule has 0 saturated carbocycles. The Kier molecular flexibility index (Phi) is 5.29. The molecule has 1 heterocycles. The molecule has 2 N–H and O–H groups in total. The number of benzene rings is 1. The van der Waals surface area contributed by atoms with Crippen LogP contribution in [-0.2, 0) is 0 Å². The summed E-state index contributed by atoms with van der Waals surface area (Å²) in [4.78, 5) is 2.58. The average molecular weight is 346 g/mol. The molecule has 3 atom stereocenters. The topological polar surface area (TPSA) is 29.3 Å². The van der Waals surface area contributed by atoms with E-state index in [2.05, 4.69) is 40.7 Å². The van der Waals surface area contributed by atoms with Crippen molar-refractivity contribution in [1.82, 2.24) is 4.90 Å². The molecule has 0 spiro atoms. The van der Waals surface area contributed by atoms with Crippen LogP contribution in [0.3, 0.4) is 0 Å². The summed E-state index contributed by atoms with van der Waals surface area (Å²) in [6.07, 6.45) is 3.72. The number of rotatable bonds is 4. The van der Waals surface area contributed by atoms with E-state index in [9.17, 15) is 0 Å². The summed E-state index contributed by atoms with van der Waals surface area (Å²) in [5.41, 5.74) is 7.28. The Bertz CT molecular complexity index is 438. The van der Waals surface area contributed by atoms with E-state index in [1.165, 1.54) is 24.8 Å². The van der Waals surface area contributed by atoms with Crippen molar-refractivity contribution < 1.29 is 0 Å². The first-order valence-corrected chi connectivity index (χ1v) is 8.18. The van der Waals surface area contributed by atoms with Crippen LogP contribution in [0.5, 0.6) is 0 Å². The van der Waals surface area contributed by atoms with Crippen molar-refractivity contribution in [3.63, 3.8) is 0 Å². The molecule has 0 aliphatic carbocycles. The zero-order valence-corrected chi connectivity index (χ0v) is 13.9. The first kappa shape index (κ1) is 15.3. The van der Waals surface area contributed by atoms with E-state index in [0.29, 0.717) is 18.6 Å². The molecule has 1 fully saturated rings. The van der Waals surface area contributed by atoms with E-state index in [1.54, 1.807) is 0 Å². The third kappa shape index (κ3) is 3.15. The molecule has 0 bridgehead atoms. The molecular weight excluding hydrogens is 324 g/mol. The molecule has 1 aromatic carbocycles. The Balaban J connectivity index is 2.30. The molecule has 1 aliphatic rings. The third-order valence-electron chi connectivity index (χ3n) is 4.23. The second-order valence-electron chi connectivity index (χ2n) is 5.36.